The van der Waals surface area contributed by atoms with Crippen molar-refractivity contribution in [2.45, 2.75) is 38.8 Å². The SMILES string of the molecule is CCNC(C)(CC(C)Oc1cccc([N+](=O)[O-])c1)C(N)=O. The molecule has 7 heteroatoms. The van der Waals surface area contributed by atoms with Gasteiger partial charge >= 0.3 is 0 Å². The predicted molar refractivity (Wildman–Crippen MR) is 79.1 cm³/mol. The van der Waals surface area contributed by atoms with Crippen LogP contribution in [0.3, 0.4) is 0 Å². The van der Waals surface area contributed by atoms with E-state index in [2.05, 4.69) is 5.32 Å². The van der Waals surface area contributed by atoms with Crippen LogP contribution in [0, 0.1) is 10.1 Å². The molecule has 0 aromatic heterocycles. The zero-order valence-corrected chi connectivity index (χ0v) is 12.5. The first kappa shape index (κ1) is 16.9. The van der Waals surface area contributed by atoms with Crippen molar-refractivity contribution >= 4 is 11.6 Å². The molecular formula is C14H21N3O4. The molecule has 0 aliphatic carbocycles. The van der Waals surface area contributed by atoms with Crippen LogP contribution in [-0.2, 0) is 4.79 Å². The topological polar surface area (TPSA) is 107 Å². The fourth-order valence-corrected chi connectivity index (χ4v) is 2.17. The zero-order valence-electron chi connectivity index (χ0n) is 12.5. The molecule has 0 heterocycles. The number of nitrogens with one attached hydrogen (secondary N) is 1. The van der Waals surface area contributed by atoms with E-state index in [4.69, 9.17) is 10.5 Å². The number of nitro benzene ring substituents is 1. The summed E-state index contributed by atoms with van der Waals surface area (Å²) in [5.74, 6) is -0.0705. The summed E-state index contributed by atoms with van der Waals surface area (Å²) in [5, 5.41) is 13.8. The largest absolute Gasteiger partial charge is 0.490 e. The third-order valence-electron chi connectivity index (χ3n) is 3.17. The van der Waals surface area contributed by atoms with Crippen LogP contribution >= 0.6 is 0 Å². The number of rotatable bonds is 8. The van der Waals surface area contributed by atoms with Gasteiger partial charge in [0, 0.05) is 12.5 Å². The average molecular weight is 295 g/mol. The summed E-state index contributed by atoms with van der Waals surface area (Å²) >= 11 is 0. The zero-order chi connectivity index (χ0) is 16.0. The number of carbonyl (C=O) groups is 1. The lowest BCUT2D eigenvalue weighted by atomic mass is 9.94. The summed E-state index contributed by atoms with van der Waals surface area (Å²) in [7, 11) is 0. The highest BCUT2D eigenvalue weighted by Gasteiger charge is 2.32. The van der Waals surface area contributed by atoms with E-state index in [1.165, 1.54) is 12.1 Å². The van der Waals surface area contributed by atoms with E-state index in [0.29, 0.717) is 18.7 Å². The molecule has 21 heavy (non-hydrogen) atoms. The highest BCUT2D eigenvalue weighted by atomic mass is 16.6. The van der Waals surface area contributed by atoms with E-state index < -0.39 is 16.4 Å². The second-order valence-corrected chi connectivity index (χ2v) is 5.11. The molecule has 2 unspecified atom stereocenters. The number of primary amides is 1. The van der Waals surface area contributed by atoms with Gasteiger partial charge in [0.2, 0.25) is 5.91 Å². The van der Waals surface area contributed by atoms with Gasteiger partial charge < -0.3 is 15.8 Å². The van der Waals surface area contributed by atoms with Gasteiger partial charge in [-0.1, -0.05) is 13.0 Å². The Hall–Kier alpha value is -2.15. The van der Waals surface area contributed by atoms with Crippen molar-refractivity contribution in [2.75, 3.05) is 6.54 Å². The number of carbonyl (C=O) groups excluding carboxylic acids is 1. The van der Waals surface area contributed by atoms with Crippen LogP contribution in [-0.4, -0.2) is 29.0 Å². The first-order chi connectivity index (χ1) is 9.78. The summed E-state index contributed by atoms with van der Waals surface area (Å²) < 4.78 is 5.65. The molecule has 3 N–H and O–H groups in total. The van der Waals surface area contributed by atoms with Gasteiger partial charge in [-0.15, -0.1) is 0 Å². The number of likely N-dealkylation sites (N-methyl/N-ethyl adjacent to an activating group) is 1. The highest BCUT2D eigenvalue weighted by molar-refractivity contribution is 5.84. The molecule has 1 amide bonds. The molecule has 0 saturated heterocycles. The van der Waals surface area contributed by atoms with Crippen LogP contribution in [0.2, 0.25) is 0 Å². The molecule has 0 saturated carbocycles. The third-order valence-corrected chi connectivity index (χ3v) is 3.17. The van der Waals surface area contributed by atoms with Gasteiger partial charge in [0.05, 0.1) is 22.6 Å². The van der Waals surface area contributed by atoms with Gasteiger partial charge in [-0.2, -0.15) is 0 Å². The lowest BCUT2D eigenvalue weighted by molar-refractivity contribution is -0.384. The Bertz CT molecular complexity index is 521. The fraction of sp³-hybridized carbons (Fsp3) is 0.500. The lowest BCUT2D eigenvalue weighted by Crippen LogP contribution is -2.55. The second-order valence-electron chi connectivity index (χ2n) is 5.11. The van der Waals surface area contributed by atoms with Crippen molar-refractivity contribution in [3.63, 3.8) is 0 Å². The van der Waals surface area contributed by atoms with E-state index in [9.17, 15) is 14.9 Å². The predicted octanol–water partition coefficient (Wildman–Crippen LogP) is 1.61. The average Bonchev–Trinajstić information content (AvgIpc) is 2.38. The van der Waals surface area contributed by atoms with Crippen molar-refractivity contribution in [3.05, 3.63) is 34.4 Å². The third kappa shape index (κ3) is 4.71. The first-order valence-corrected chi connectivity index (χ1v) is 6.74. The number of hydrogen-bond donors (Lipinski definition) is 2. The molecule has 0 aliphatic rings. The molecule has 2 atom stereocenters. The number of nitrogens with two attached hydrogens (primary N) is 1. The lowest BCUT2D eigenvalue weighted by Gasteiger charge is -2.30. The van der Waals surface area contributed by atoms with Crippen LogP contribution in [0.15, 0.2) is 24.3 Å². The number of benzene rings is 1. The van der Waals surface area contributed by atoms with Gasteiger partial charge in [0.25, 0.3) is 5.69 Å². The monoisotopic (exact) mass is 295 g/mol. The normalized spacial score (nSPS) is 15.0. The Kier molecular flexibility index (Phi) is 5.66. The Morgan fingerprint density at radius 2 is 2.24 bits per heavy atom. The summed E-state index contributed by atoms with van der Waals surface area (Å²) in [5.41, 5.74) is 4.50. The summed E-state index contributed by atoms with van der Waals surface area (Å²) in [4.78, 5) is 21.8. The number of amides is 1. The van der Waals surface area contributed by atoms with Gasteiger partial charge in [-0.3, -0.25) is 14.9 Å². The van der Waals surface area contributed by atoms with Crippen molar-refractivity contribution in [1.82, 2.24) is 5.32 Å². The molecule has 116 valence electrons. The molecule has 0 spiro atoms. The Labute approximate surface area is 123 Å². The van der Waals surface area contributed by atoms with Crippen LogP contribution < -0.4 is 15.8 Å². The fourth-order valence-electron chi connectivity index (χ4n) is 2.17. The minimum atomic E-state index is -0.880. The molecule has 0 radical (unpaired) electrons. The molecule has 0 aliphatic heterocycles. The van der Waals surface area contributed by atoms with Gasteiger partial charge in [-0.05, 0) is 26.5 Å². The summed E-state index contributed by atoms with van der Waals surface area (Å²) in [6, 6.07) is 5.94. The van der Waals surface area contributed by atoms with E-state index >= 15 is 0 Å². The van der Waals surface area contributed by atoms with Gasteiger partial charge in [0.1, 0.15) is 5.75 Å². The maximum Gasteiger partial charge on any atom is 0.273 e. The quantitative estimate of drug-likeness (QED) is 0.559. The van der Waals surface area contributed by atoms with Crippen molar-refractivity contribution < 1.29 is 14.5 Å². The second kappa shape index (κ2) is 7.03. The van der Waals surface area contributed by atoms with E-state index in [0.717, 1.165) is 0 Å². The number of hydrogen-bond acceptors (Lipinski definition) is 5. The molecule has 0 bridgehead atoms. The van der Waals surface area contributed by atoms with E-state index in [1.54, 1.807) is 26.0 Å². The van der Waals surface area contributed by atoms with E-state index in [-0.39, 0.29) is 11.8 Å². The minimum Gasteiger partial charge on any atom is -0.490 e. The maximum absolute atomic E-state index is 11.6. The molecule has 1 rings (SSSR count). The molecule has 1 aromatic rings. The highest BCUT2D eigenvalue weighted by Crippen LogP contribution is 2.22. The minimum absolute atomic E-state index is 0.0379. The number of nitrogens with zero attached hydrogens (tertiary/aromatic N) is 1. The number of nitro groups is 1. The Balaban J connectivity index is 2.76. The summed E-state index contributed by atoms with van der Waals surface area (Å²) in [6.45, 7) is 5.99. The van der Waals surface area contributed by atoms with Crippen LogP contribution in [0.25, 0.3) is 0 Å². The van der Waals surface area contributed by atoms with Gasteiger partial charge in [0.15, 0.2) is 0 Å². The van der Waals surface area contributed by atoms with Crippen LogP contribution in [0.5, 0.6) is 5.75 Å². The Morgan fingerprint density at radius 3 is 2.76 bits per heavy atom. The molecule has 0 fully saturated rings. The maximum atomic E-state index is 11.6. The number of ether oxygens (including phenoxy) is 1. The molecule has 7 nitrogen and oxygen atoms in total. The van der Waals surface area contributed by atoms with Crippen molar-refractivity contribution in [3.8, 4) is 5.75 Å². The van der Waals surface area contributed by atoms with E-state index in [1.807, 2.05) is 6.92 Å². The molecular weight excluding hydrogens is 274 g/mol. The smallest absolute Gasteiger partial charge is 0.273 e. The molecule has 1 aromatic carbocycles. The Morgan fingerprint density at radius 1 is 1.57 bits per heavy atom. The van der Waals surface area contributed by atoms with Crippen molar-refractivity contribution in [1.29, 1.82) is 0 Å². The van der Waals surface area contributed by atoms with Crippen LogP contribution in [0.4, 0.5) is 5.69 Å². The van der Waals surface area contributed by atoms with Crippen LogP contribution in [0.1, 0.15) is 27.2 Å². The van der Waals surface area contributed by atoms with Gasteiger partial charge in [-0.25, -0.2) is 0 Å². The number of non-ortho nitro benzene ring substituents is 1. The standard InChI is InChI=1S/C14H21N3O4/c1-4-16-14(3,13(15)18)9-10(2)21-12-7-5-6-11(8-12)17(19)20/h5-8,10,16H,4,9H2,1-3H3,(H2,15,18). The van der Waals surface area contributed by atoms with Crippen molar-refractivity contribution in [2.24, 2.45) is 5.73 Å². The summed E-state index contributed by atoms with van der Waals surface area (Å²) in [6.07, 6.45) is 0.0299. The first-order valence-electron chi connectivity index (χ1n) is 6.74.